The van der Waals surface area contributed by atoms with Crippen molar-refractivity contribution in [2.45, 2.75) is 17.7 Å². The van der Waals surface area contributed by atoms with Gasteiger partial charge in [0.25, 0.3) is 0 Å². The van der Waals surface area contributed by atoms with Gasteiger partial charge in [-0.25, -0.2) is 12.8 Å². The van der Waals surface area contributed by atoms with E-state index in [-0.39, 0.29) is 11.4 Å². The van der Waals surface area contributed by atoms with Gasteiger partial charge in [-0.1, -0.05) is 0 Å². The zero-order valence-corrected chi connectivity index (χ0v) is 11.1. The van der Waals surface area contributed by atoms with Crippen LogP contribution in [0.4, 0.5) is 4.39 Å². The SMILES string of the molecule is NC(=O)C1CCCN(S(=O)(=O)c2ccc(F)cc2)C1. The molecule has 1 aliphatic rings. The smallest absolute Gasteiger partial charge is 0.243 e. The minimum Gasteiger partial charge on any atom is -0.369 e. The van der Waals surface area contributed by atoms with Crippen LogP contribution in [0.15, 0.2) is 29.2 Å². The number of hydrogen-bond acceptors (Lipinski definition) is 3. The lowest BCUT2D eigenvalue weighted by Crippen LogP contribution is -2.44. The van der Waals surface area contributed by atoms with Crippen LogP contribution in [0.1, 0.15) is 12.8 Å². The Morgan fingerprint density at radius 1 is 1.32 bits per heavy atom. The van der Waals surface area contributed by atoms with Gasteiger partial charge in [-0.2, -0.15) is 4.31 Å². The fourth-order valence-corrected chi connectivity index (χ4v) is 3.67. The molecule has 0 saturated carbocycles. The Kier molecular flexibility index (Phi) is 3.86. The molecule has 104 valence electrons. The van der Waals surface area contributed by atoms with Crippen LogP contribution in [0.2, 0.25) is 0 Å². The third-order valence-corrected chi connectivity index (χ3v) is 5.12. The Labute approximate surface area is 111 Å². The molecule has 1 aromatic rings. The lowest BCUT2D eigenvalue weighted by molar-refractivity contribution is -0.122. The molecule has 1 unspecified atom stereocenters. The quantitative estimate of drug-likeness (QED) is 0.888. The van der Waals surface area contributed by atoms with Crippen LogP contribution < -0.4 is 5.73 Å². The summed E-state index contributed by atoms with van der Waals surface area (Å²) in [7, 11) is -3.69. The number of carbonyl (C=O) groups is 1. The maximum atomic E-state index is 12.8. The summed E-state index contributed by atoms with van der Waals surface area (Å²) in [6.45, 7) is 0.443. The molecule has 1 atom stereocenters. The van der Waals surface area contributed by atoms with Gasteiger partial charge in [0.05, 0.1) is 10.8 Å². The van der Waals surface area contributed by atoms with Gasteiger partial charge >= 0.3 is 0 Å². The number of hydrogen-bond donors (Lipinski definition) is 1. The third-order valence-electron chi connectivity index (χ3n) is 3.24. The second-order valence-electron chi connectivity index (χ2n) is 4.56. The molecule has 5 nitrogen and oxygen atoms in total. The van der Waals surface area contributed by atoms with Crippen molar-refractivity contribution in [3.8, 4) is 0 Å². The predicted octanol–water partition coefficient (Wildman–Crippen LogP) is 0.712. The van der Waals surface area contributed by atoms with E-state index in [4.69, 9.17) is 5.73 Å². The molecule has 0 spiro atoms. The number of primary amides is 1. The molecule has 1 aliphatic heterocycles. The Balaban J connectivity index is 2.24. The minimum absolute atomic E-state index is 0.0269. The van der Waals surface area contributed by atoms with E-state index in [0.717, 1.165) is 12.1 Å². The van der Waals surface area contributed by atoms with Crippen molar-refractivity contribution in [1.82, 2.24) is 4.31 Å². The molecule has 0 bridgehead atoms. The molecular formula is C12H15FN2O3S. The topological polar surface area (TPSA) is 80.5 Å². The lowest BCUT2D eigenvalue weighted by Gasteiger charge is -2.30. The van der Waals surface area contributed by atoms with Crippen molar-refractivity contribution in [3.63, 3.8) is 0 Å². The number of amides is 1. The van der Waals surface area contributed by atoms with Crippen LogP contribution >= 0.6 is 0 Å². The zero-order chi connectivity index (χ0) is 14.0. The summed E-state index contributed by atoms with van der Waals surface area (Å²) >= 11 is 0. The maximum absolute atomic E-state index is 12.8. The monoisotopic (exact) mass is 286 g/mol. The molecule has 1 fully saturated rings. The van der Waals surface area contributed by atoms with Crippen molar-refractivity contribution in [2.24, 2.45) is 11.7 Å². The fourth-order valence-electron chi connectivity index (χ4n) is 2.15. The molecule has 7 heteroatoms. The highest BCUT2D eigenvalue weighted by atomic mass is 32.2. The van der Waals surface area contributed by atoms with E-state index in [9.17, 15) is 17.6 Å². The van der Waals surface area contributed by atoms with Gasteiger partial charge in [-0.05, 0) is 37.1 Å². The number of sulfonamides is 1. The van der Waals surface area contributed by atoms with E-state index in [1.807, 2.05) is 0 Å². The van der Waals surface area contributed by atoms with Crippen LogP contribution in [-0.2, 0) is 14.8 Å². The summed E-state index contributed by atoms with van der Waals surface area (Å²) in [6, 6.07) is 4.64. The van der Waals surface area contributed by atoms with E-state index in [2.05, 4.69) is 0 Å². The molecule has 1 saturated heterocycles. The highest BCUT2D eigenvalue weighted by molar-refractivity contribution is 7.89. The summed E-state index contributed by atoms with van der Waals surface area (Å²) in [5.41, 5.74) is 5.22. The van der Waals surface area contributed by atoms with Crippen molar-refractivity contribution in [3.05, 3.63) is 30.1 Å². The summed E-state index contributed by atoms with van der Waals surface area (Å²) in [4.78, 5) is 11.2. The van der Waals surface area contributed by atoms with Crippen molar-refractivity contribution in [2.75, 3.05) is 13.1 Å². The summed E-state index contributed by atoms with van der Waals surface area (Å²) in [5, 5.41) is 0. The number of nitrogens with two attached hydrogens (primary N) is 1. The van der Waals surface area contributed by atoms with Crippen molar-refractivity contribution < 1.29 is 17.6 Å². The molecule has 2 rings (SSSR count). The molecule has 1 aromatic carbocycles. The van der Waals surface area contributed by atoms with Crippen LogP contribution in [0.25, 0.3) is 0 Å². The summed E-state index contributed by atoms with van der Waals surface area (Å²) in [5.74, 6) is -1.43. The number of rotatable bonds is 3. The standard InChI is InChI=1S/C12H15FN2O3S/c13-10-3-5-11(6-4-10)19(17,18)15-7-1-2-9(8-15)12(14)16/h3-6,9H,1-2,7-8H2,(H2,14,16). The highest BCUT2D eigenvalue weighted by Crippen LogP contribution is 2.23. The number of benzene rings is 1. The van der Waals surface area contributed by atoms with Gasteiger partial charge in [-0.3, -0.25) is 4.79 Å². The molecule has 0 aliphatic carbocycles. The van der Waals surface area contributed by atoms with Gasteiger partial charge < -0.3 is 5.73 Å². The van der Waals surface area contributed by atoms with Crippen LogP contribution in [-0.4, -0.2) is 31.7 Å². The Hall–Kier alpha value is -1.47. The zero-order valence-electron chi connectivity index (χ0n) is 10.3. The van der Waals surface area contributed by atoms with E-state index in [1.165, 1.54) is 16.4 Å². The average Bonchev–Trinajstić information content (AvgIpc) is 2.39. The molecule has 2 N–H and O–H groups in total. The van der Waals surface area contributed by atoms with Gasteiger partial charge in [0.1, 0.15) is 5.82 Å². The van der Waals surface area contributed by atoms with Gasteiger partial charge in [0.15, 0.2) is 0 Å². The second-order valence-corrected chi connectivity index (χ2v) is 6.50. The Bertz CT molecular complexity index is 571. The number of piperidine rings is 1. The number of nitrogens with zero attached hydrogens (tertiary/aromatic N) is 1. The first-order chi connectivity index (χ1) is 8.91. The first kappa shape index (κ1) is 14.0. The van der Waals surface area contributed by atoms with Crippen molar-refractivity contribution in [1.29, 1.82) is 0 Å². The van der Waals surface area contributed by atoms with Crippen LogP contribution in [0.5, 0.6) is 0 Å². The third kappa shape index (κ3) is 2.93. The van der Waals surface area contributed by atoms with Crippen LogP contribution in [0.3, 0.4) is 0 Å². The molecule has 19 heavy (non-hydrogen) atoms. The Morgan fingerprint density at radius 2 is 1.95 bits per heavy atom. The average molecular weight is 286 g/mol. The van der Waals surface area contributed by atoms with Gasteiger partial charge in [0, 0.05) is 13.1 Å². The first-order valence-corrected chi connectivity index (χ1v) is 7.40. The van der Waals surface area contributed by atoms with Crippen molar-refractivity contribution >= 4 is 15.9 Å². The van der Waals surface area contributed by atoms with E-state index in [1.54, 1.807) is 0 Å². The maximum Gasteiger partial charge on any atom is 0.243 e. The molecule has 1 heterocycles. The summed E-state index contributed by atoms with van der Waals surface area (Å²) in [6.07, 6.45) is 1.19. The largest absolute Gasteiger partial charge is 0.369 e. The fraction of sp³-hybridized carbons (Fsp3) is 0.417. The van der Waals surface area contributed by atoms with E-state index >= 15 is 0 Å². The summed E-state index contributed by atoms with van der Waals surface area (Å²) < 4.78 is 38.7. The first-order valence-electron chi connectivity index (χ1n) is 5.96. The van der Waals surface area contributed by atoms with Gasteiger partial charge in [0.2, 0.25) is 15.9 Å². The van der Waals surface area contributed by atoms with E-state index in [0.29, 0.717) is 19.4 Å². The molecule has 0 radical (unpaired) electrons. The normalized spacial score (nSPS) is 21.2. The lowest BCUT2D eigenvalue weighted by atomic mass is 9.99. The molecule has 1 amide bonds. The Morgan fingerprint density at radius 3 is 2.53 bits per heavy atom. The van der Waals surface area contributed by atoms with Crippen LogP contribution in [0, 0.1) is 11.7 Å². The minimum atomic E-state index is -3.69. The molecule has 0 aromatic heterocycles. The predicted molar refractivity (Wildman–Crippen MR) is 67.1 cm³/mol. The highest BCUT2D eigenvalue weighted by Gasteiger charge is 2.32. The molecular weight excluding hydrogens is 271 g/mol. The van der Waals surface area contributed by atoms with Gasteiger partial charge in [-0.15, -0.1) is 0 Å². The number of halogens is 1. The number of carbonyl (C=O) groups excluding carboxylic acids is 1. The second kappa shape index (κ2) is 5.26. The van der Waals surface area contributed by atoms with E-state index < -0.39 is 27.7 Å².